The van der Waals surface area contributed by atoms with Gasteiger partial charge >= 0.3 is 11.9 Å². The van der Waals surface area contributed by atoms with Gasteiger partial charge in [0.05, 0.1) is 0 Å². The zero-order valence-electron chi connectivity index (χ0n) is 26.3. The summed E-state index contributed by atoms with van der Waals surface area (Å²) in [6.45, 7) is 4.47. The molecule has 0 rings (SSSR count). The van der Waals surface area contributed by atoms with Gasteiger partial charge in [-0.2, -0.15) is 0 Å². The summed E-state index contributed by atoms with van der Waals surface area (Å²) in [6, 6.07) is 0. The normalized spacial score (nSPS) is 11.7. The molecule has 0 fully saturated rings. The van der Waals surface area contributed by atoms with Crippen molar-refractivity contribution in [3.63, 3.8) is 0 Å². The molecular formula is C36H64O4. The highest BCUT2D eigenvalue weighted by molar-refractivity contribution is 5.66. The van der Waals surface area contributed by atoms with E-state index in [-0.39, 0.29) is 0 Å². The molecule has 0 heterocycles. The minimum atomic E-state index is -0.671. The monoisotopic (exact) mass is 560 g/mol. The molecule has 0 saturated heterocycles. The van der Waals surface area contributed by atoms with Crippen molar-refractivity contribution in [2.45, 2.75) is 168 Å². The van der Waals surface area contributed by atoms with Gasteiger partial charge in [0.2, 0.25) is 0 Å². The molecular weight excluding hydrogens is 496 g/mol. The molecule has 0 aromatic carbocycles. The van der Waals surface area contributed by atoms with Gasteiger partial charge in [-0.25, -0.2) is 0 Å². The Hall–Kier alpha value is -2.10. The maximum Gasteiger partial charge on any atom is 0.303 e. The third-order valence-corrected chi connectivity index (χ3v) is 6.68. The molecule has 0 aromatic rings. The van der Waals surface area contributed by atoms with Crippen LogP contribution in [-0.4, -0.2) is 22.2 Å². The van der Waals surface area contributed by atoms with Gasteiger partial charge in [0.25, 0.3) is 0 Å². The van der Waals surface area contributed by atoms with Gasteiger partial charge < -0.3 is 10.2 Å². The van der Waals surface area contributed by atoms with E-state index in [0.29, 0.717) is 12.8 Å². The number of aliphatic carboxylic acids is 2. The maximum absolute atomic E-state index is 10.3. The molecule has 2 N–H and O–H groups in total. The molecule has 0 aliphatic carbocycles. The Morgan fingerprint density at radius 3 is 0.975 bits per heavy atom. The molecule has 4 heteroatoms. The van der Waals surface area contributed by atoms with Crippen molar-refractivity contribution < 1.29 is 19.8 Å². The van der Waals surface area contributed by atoms with E-state index < -0.39 is 11.9 Å². The van der Waals surface area contributed by atoms with Gasteiger partial charge in [-0.05, 0) is 77.0 Å². The number of hydrogen-bond donors (Lipinski definition) is 2. The van der Waals surface area contributed by atoms with Gasteiger partial charge in [-0.1, -0.05) is 127 Å². The maximum atomic E-state index is 10.3. The highest BCUT2D eigenvalue weighted by atomic mass is 16.4. The Kier molecular flexibility index (Phi) is 36.9. The van der Waals surface area contributed by atoms with E-state index in [1.165, 1.54) is 89.9 Å². The van der Waals surface area contributed by atoms with E-state index in [4.69, 9.17) is 10.2 Å². The predicted molar refractivity (Wildman–Crippen MR) is 174 cm³/mol. The van der Waals surface area contributed by atoms with Crippen LogP contribution in [0.3, 0.4) is 0 Å². The Morgan fingerprint density at radius 1 is 0.400 bits per heavy atom. The zero-order chi connectivity index (χ0) is 29.8. The van der Waals surface area contributed by atoms with Crippen LogP contribution < -0.4 is 0 Å². The SMILES string of the molecule is CCCCC/C=C\C/C=C\CCCCCCCC(=O)O.CCCCC/C=C\C/C=C\CCCCCCCC(=O)O. The summed E-state index contributed by atoms with van der Waals surface area (Å²) in [4.78, 5) is 20.6. The van der Waals surface area contributed by atoms with Crippen LogP contribution in [0.1, 0.15) is 168 Å². The highest BCUT2D eigenvalue weighted by Gasteiger charge is 1.96. The Balaban J connectivity index is 0. The summed E-state index contributed by atoms with van der Waals surface area (Å²) in [5.74, 6) is -1.34. The van der Waals surface area contributed by atoms with E-state index >= 15 is 0 Å². The summed E-state index contributed by atoms with van der Waals surface area (Å²) in [7, 11) is 0. The van der Waals surface area contributed by atoms with Crippen molar-refractivity contribution in [3.05, 3.63) is 48.6 Å². The van der Waals surface area contributed by atoms with Crippen LogP contribution in [0.15, 0.2) is 48.6 Å². The molecule has 0 amide bonds. The topological polar surface area (TPSA) is 74.6 Å². The first-order chi connectivity index (χ1) is 19.5. The van der Waals surface area contributed by atoms with Crippen molar-refractivity contribution >= 4 is 11.9 Å². The van der Waals surface area contributed by atoms with Gasteiger partial charge in [0.1, 0.15) is 0 Å². The molecule has 4 nitrogen and oxygen atoms in total. The predicted octanol–water partition coefficient (Wildman–Crippen LogP) is 11.8. The molecule has 0 aliphatic heterocycles. The van der Waals surface area contributed by atoms with Gasteiger partial charge in [0.15, 0.2) is 0 Å². The lowest BCUT2D eigenvalue weighted by molar-refractivity contribution is -0.138. The average Bonchev–Trinajstić information content (AvgIpc) is 2.93. The second-order valence-electron chi connectivity index (χ2n) is 10.7. The van der Waals surface area contributed by atoms with Crippen molar-refractivity contribution in [1.82, 2.24) is 0 Å². The van der Waals surface area contributed by atoms with E-state index in [1.54, 1.807) is 0 Å². The molecule has 0 bridgehead atoms. The van der Waals surface area contributed by atoms with E-state index in [9.17, 15) is 9.59 Å². The third kappa shape index (κ3) is 43.0. The minimum Gasteiger partial charge on any atom is -0.481 e. The second-order valence-corrected chi connectivity index (χ2v) is 10.7. The summed E-state index contributed by atoms with van der Waals surface area (Å²) >= 11 is 0. The lowest BCUT2D eigenvalue weighted by Gasteiger charge is -1.98. The number of allylic oxidation sites excluding steroid dienone is 8. The van der Waals surface area contributed by atoms with Crippen LogP contribution >= 0.6 is 0 Å². The van der Waals surface area contributed by atoms with Crippen LogP contribution in [0, 0.1) is 0 Å². The number of carboxylic acids is 2. The molecule has 40 heavy (non-hydrogen) atoms. The van der Waals surface area contributed by atoms with E-state index in [1.807, 2.05) is 0 Å². The summed E-state index contributed by atoms with van der Waals surface area (Å²) < 4.78 is 0. The number of hydrogen-bond acceptors (Lipinski definition) is 2. The van der Waals surface area contributed by atoms with Gasteiger partial charge in [-0.3, -0.25) is 9.59 Å². The van der Waals surface area contributed by atoms with Gasteiger partial charge in [0, 0.05) is 12.8 Å². The van der Waals surface area contributed by atoms with Crippen molar-refractivity contribution in [3.8, 4) is 0 Å². The first-order valence-corrected chi connectivity index (χ1v) is 16.6. The Bertz CT molecular complexity index is 589. The van der Waals surface area contributed by atoms with E-state index in [0.717, 1.165) is 51.4 Å². The molecule has 0 saturated carbocycles. The molecule has 0 atom stereocenters. The molecule has 0 spiro atoms. The first kappa shape index (κ1) is 40.0. The standard InChI is InChI=1S/2C18H32O2/c2*1-2-3-4-5-6-7-8-9-10-11-12-13-14-15-16-17-18(19)20/h2*6-7,9-10H,2-5,8,11-17H2,1H3,(H,19,20)/b2*7-6-,10-9-. The Morgan fingerprint density at radius 2 is 0.675 bits per heavy atom. The number of rotatable bonds is 28. The zero-order valence-corrected chi connectivity index (χ0v) is 26.3. The highest BCUT2D eigenvalue weighted by Crippen LogP contribution is 2.09. The fourth-order valence-electron chi connectivity index (χ4n) is 4.18. The van der Waals surface area contributed by atoms with Crippen LogP contribution in [0.4, 0.5) is 0 Å². The van der Waals surface area contributed by atoms with Crippen molar-refractivity contribution in [2.75, 3.05) is 0 Å². The van der Waals surface area contributed by atoms with Crippen LogP contribution in [0.2, 0.25) is 0 Å². The summed E-state index contributed by atoms with van der Waals surface area (Å²) in [5, 5.41) is 17.0. The molecule has 0 aromatic heterocycles. The first-order valence-electron chi connectivity index (χ1n) is 16.6. The lowest BCUT2D eigenvalue weighted by atomic mass is 10.1. The Labute approximate surface area is 248 Å². The van der Waals surface area contributed by atoms with Crippen LogP contribution in [-0.2, 0) is 9.59 Å². The molecule has 0 radical (unpaired) electrons. The number of carboxylic acid groups (broad SMARTS) is 2. The average molecular weight is 561 g/mol. The molecule has 0 unspecified atom stereocenters. The largest absolute Gasteiger partial charge is 0.481 e. The lowest BCUT2D eigenvalue weighted by Crippen LogP contribution is -1.93. The summed E-state index contributed by atoms with van der Waals surface area (Å²) in [6.07, 6.45) is 44.6. The summed E-state index contributed by atoms with van der Waals surface area (Å²) in [5.41, 5.74) is 0. The minimum absolute atomic E-state index is 0.324. The number of carbonyl (C=O) groups is 2. The van der Waals surface area contributed by atoms with Crippen LogP contribution in [0.5, 0.6) is 0 Å². The second kappa shape index (κ2) is 36.9. The fraction of sp³-hybridized carbons (Fsp3) is 0.722. The number of unbranched alkanes of at least 4 members (excludes halogenated alkanes) is 16. The van der Waals surface area contributed by atoms with Gasteiger partial charge in [-0.15, -0.1) is 0 Å². The molecule has 0 aliphatic rings. The smallest absolute Gasteiger partial charge is 0.303 e. The van der Waals surface area contributed by atoms with Crippen molar-refractivity contribution in [1.29, 1.82) is 0 Å². The molecule has 232 valence electrons. The van der Waals surface area contributed by atoms with Crippen LogP contribution in [0.25, 0.3) is 0 Å². The fourth-order valence-corrected chi connectivity index (χ4v) is 4.18. The quantitative estimate of drug-likeness (QED) is 0.0737. The third-order valence-electron chi connectivity index (χ3n) is 6.68. The van der Waals surface area contributed by atoms with Crippen molar-refractivity contribution in [2.24, 2.45) is 0 Å². The van der Waals surface area contributed by atoms with E-state index in [2.05, 4.69) is 62.5 Å².